The van der Waals surface area contributed by atoms with Gasteiger partial charge in [0.2, 0.25) is 5.91 Å². The van der Waals surface area contributed by atoms with Gasteiger partial charge in [0.25, 0.3) is 0 Å². The third kappa shape index (κ3) is 1.18. The normalized spacial score (nSPS) is 10.5. The lowest BCUT2D eigenvalue weighted by Gasteiger charge is -2.02. The topological polar surface area (TPSA) is 47.5 Å². The summed E-state index contributed by atoms with van der Waals surface area (Å²) in [5, 5.41) is 0. The van der Waals surface area contributed by atoms with E-state index < -0.39 is 0 Å². The molecule has 0 aliphatic rings. The van der Waals surface area contributed by atoms with Gasteiger partial charge in [-0.1, -0.05) is 0 Å². The van der Waals surface area contributed by atoms with E-state index in [1.54, 1.807) is 6.07 Å². The molecule has 0 aliphatic carbocycles. The molecule has 2 aromatic heterocycles. The minimum Gasteiger partial charge on any atom is -0.366 e. The zero-order valence-corrected chi connectivity index (χ0v) is 7.32. The van der Waals surface area contributed by atoms with E-state index in [-0.39, 0.29) is 5.91 Å². The molecule has 66 valence electrons. The maximum Gasteiger partial charge on any atom is 0.249 e. The maximum atomic E-state index is 11.0. The molecule has 0 unspecified atom stereocenters. The molecule has 0 radical (unpaired) electrons. The molecule has 1 amide bonds. The average molecular weight is 174 g/mol. The third-order valence-electron chi connectivity index (χ3n) is 2.13. The molecule has 0 bridgehead atoms. The Hall–Kier alpha value is -1.77. The minimum atomic E-state index is -0.374. The number of carbonyl (C=O) groups excluding carboxylic acids is 1. The van der Waals surface area contributed by atoms with Crippen molar-refractivity contribution in [2.24, 2.45) is 5.73 Å². The molecule has 2 N–H and O–H groups in total. The summed E-state index contributed by atoms with van der Waals surface area (Å²) in [7, 11) is 0. The molecule has 3 nitrogen and oxygen atoms in total. The molecule has 2 heterocycles. The summed E-state index contributed by atoms with van der Waals surface area (Å²) in [5.41, 5.74) is 7.70. The van der Waals surface area contributed by atoms with Gasteiger partial charge in [-0.05, 0) is 30.7 Å². The Morgan fingerprint density at radius 1 is 1.54 bits per heavy atom. The van der Waals surface area contributed by atoms with Gasteiger partial charge in [0, 0.05) is 23.5 Å². The number of nitrogens with two attached hydrogens (primary N) is 1. The van der Waals surface area contributed by atoms with Crippen molar-refractivity contribution in [1.82, 2.24) is 4.40 Å². The van der Waals surface area contributed by atoms with Crippen molar-refractivity contribution in [3.8, 4) is 0 Å². The van der Waals surface area contributed by atoms with E-state index in [4.69, 9.17) is 5.73 Å². The summed E-state index contributed by atoms with van der Waals surface area (Å²) in [4.78, 5) is 11.0. The summed E-state index contributed by atoms with van der Waals surface area (Å²) in [6.45, 7) is 1.87. The number of hydrogen-bond donors (Lipinski definition) is 1. The first-order chi connectivity index (χ1) is 6.18. The van der Waals surface area contributed by atoms with Crippen LogP contribution in [0.3, 0.4) is 0 Å². The van der Waals surface area contributed by atoms with Crippen molar-refractivity contribution in [3.05, 3.63) is 41.7 Å². The molecular weight excluding hydrogens is 164 g/mol. The highest BCUT2D eigenvalue weighted by atomic mass is 16.1. The van der Waals surface area contributed by atoms with Crippen LogP contribution in [-0.2, 0) is 0 Å². The van der Waals surface area contributed by atoms with Crippen LogP contribution >= 0.6 is 0 Å². The second kappa shape index (κ2) is 2.62. The van der Waals surface area contributed by atoms with E-state index >= 15 is 0 Å². The fraction of sp³-hybridized carbons (Fsp3) is 0.100. The second-order valence-corrected chi connectivity index (χ2v) is 3.07. The fourth-order valence-corrected chi connectivity index (χ4v) is 1.45. The van der Waals surface area contributed by atoms with E-state index in [1.807, 2.05) is 35.9 Å². The first-order valence-electron chi connectivity index (χ1n) is 4.05. The number of nitrogens with zero attached hydrogens (tertiary/aromatic N) is 1. The van der Waals surface area contributed by atoms with E-state index in [2.05, 4.69) is 0 Å². The highest BCUT2D eigenvalue weighted by Crippen LogP contribution is 2.12. The molecule has 2 rings (SSSR count). The van der Waals surface area contributed by atoms with Crippen LogP contribution in [0.15, 0.2) is 30.6 Å². The van der Waals surface area contributed by atoms with E-state index in [1.165, 1.54) is 0 Å². The van der Waals surface area contributed by atoms with Crippen molar-refractivity contribution < 1.29 is 4.79 Å². The van der Waals surface area contributed by atoms with Gasteiger partial charge < -0.3 is 10.1 Å². The predicted octanol–water partition coefficient (Wildman–Crippen LogP) is 1.35. The van der Waals surface area contributed by atoms with Gasteiger partial charge >= 0.3 is 0 Å². The Bertz CT molecular complexity index is 471. The van der Waals surface area contributed by atoms with Gasteiger partial charge in [0.05, 0.1) is 0 Å². The van der Waals surface area contributed by atoms with Gasteiger partial charge in [-0.2, -0.15) is 0 Å². The van der Waals surface area contributed by atoms with Crippen molar-refractivity contribution in [2.75, 3.05) is 0 Å². The predicted molar refractivity (Wildman–Crippen MR) is 50.7 cm³/mol. The summed E-state index contributed by atoms with van der Waals surface area (Å²) in [6, 6.07) is 5.67. The third-order valence-corrected chi connectivity index (χ3v) is 2.13. The van der Waals surface area contributed by atoms with Crippen LogP contribution in [0.4, 0.5) is 0 Å². The van der Waals surface area contributed by atoms with Crippen molar-refractivity contribution in [3.63, 3.8) is 0 Å². The number of fused-ring (bicyclic) bond motifs is 1. The second-order valence-electron chi connectivity index (χ2n) is 3.07. The SMILES string of the molecule is Cc1cn2cccc2cc1C(N)=O. The summed E-state index contributed by atoms with van der Waals surface area (Å²) < 4.78 is 1.96. The number of primary amides is 1. The molecule has 0 spiro atoms. The molecule has 3 heteroatoms. The number of aryl methyl sites for hydroxylation is 1. The van der Waals surface area contributed by atoms with E-state index in [9.17, 15) is 4.79 Å². The first-order valence-corrected chi connectivity index (χ1v) is 4.05. The number of rotatable bonds is 1. The van der Waals surface area contributed by atoms with Crippen LogP contribution in [0.5, 0.6) is 0 Å². The Morgan fingerprint density at radius 3 is 3.00 bits per heavy atom. The Kier molecular flexibility index (Phi) is 1.59. The van der Waals surface area contributed by atoms with Gasteiger partial charge in [-0.3, -0.25) is 4.79 Å². The zero-order chi connectivity index (χ0) is 9.42. The zero-order valence-electron chi connectivity index (χ0n) is 7.32. The van der Waals surface area contributed by atoms with Crippen LogP contribution in [0, 0.1) is 6.92 Å². The number of amides is 1. The largest absolute Gasteiger partial charge is 0.366 e. The molecule has 0 fully saturated rings. The Balaban J connectivity index is 2.76. The van der Waals surface area contributed by atoms with Crippen LogP contribution in [0.25, 0.3) is 5.52 Å². The van der Waals surface area contributed by atoms with E-state index in [0.717, 1.165) is 11.1 Å². The van der Waals surface area contributed by atoms with E-state index in [0.29, 0.717) is 5.56 Å². The lowest BCUT2D eigenvalue weighted by molar-refractivity contribution is 0.0999. The summed E-state index contributed by atoms with van der Waals surface area (Å²) in [5.74, 6) is -0.374. The van der Waals surface area contributed by atoms with Crippen molar-refractivity contribution >= 4 is 11.4 Å². The first kappa shape index (κ1) is 7.86. The van der Waals surface area contributed by atoms with Crippen molar-refractivity contribution in [2.45, 2.75) is 6.92 Å². The lowest BCUT2D eigenvalue weighted by Crippen LogP contribution is -2.13. The van der Waals surface area contributed by atoms with Gasteiger partial charge in [-0.15, -0.1) is 0 Å². The molecule has 0 atom stereocenters. The van der Waals surface area contributed by atoms with Crippen molar-refractivity contribution in [1.29, 1.82) is 0 Å². The van der Waals surface area contributed by atoms with Gasteiger partial charge in [0.1, 0.15) is 0 Å². The molecule has 2 aromatic rings. The highest BCUT2D eigenvalue weighted by Gasteiger charge is 2.05. The average Bonchev–Trinajstić information content (AvgIpc) is 2.48. The molecule has 13 heavy (non-hydrogen) atoms. The molecular formula is C10H10N2O. The molecule has 0 aliphatic heterocycles. The maximum absolute atomic E-state index is 11.0. The fourth-order valence-electron chi connectivity index (χ4n) is 1.45. The smallest absolute Gasteiger partial charge is 0.249 e. The Morgan fingerprint density at radius 2 is 2.31 bits per heavy atom. The number of carbonyl (C=O) groups is 1. The highest BCUT2D eigenvalue weighted by molar-refractivity contribution is 5.95. The molecule has 0 saturated heterocycles. The number of pyridine rings is 1. The lowest BCUT2D eigenvalue weighted by atomic mass is 10.1. The quantitative estimate of drug-likeness (QED) is 0.696. The standard InChI is InChI=1S/C10H10N2O/c1-7-6-12-4-2-3-8(12)5-9(7)10(11)13/h2-6H,1H3,(H2,11,13). The molecule has 0 aromatic carbocycles. The summed E-state index contributed by atoms with van der Waals surface area (Å²) in [6.07, 6.45) is 3.84. The van der Waals surface area contributed by atoms with Crippen LogP contribution in [0.2, 0.25) is 0 Å². The monoisotopic (exact) mass is 174 g/mol. The van der Waals surface area contributed by atoms with Crippen LogP contribution < -0.4 is 5.73 Å². The number of aromatic nitrogens is 1. The molecule has 0 saturated carbocycles. The van der Waals surface area contributed by atoms with Crippen LogP contribution in [-0.4, -0.2) is 10.3 Å². The Labute approximate surface area is 75.8 Å². The van der Waals surface area contributed by atoms with Gasteiger partial charge in [0.15, 0.2) is 0 Å². The minimum absolute atomic E-state index is 0.374. The number of hydrogen-bond acceptors (Lipinski definition) is 1. The summed E-state index contributed by atoms with van der Waals surface area (Å²) >= 11 is 0. The van der Waals surface area contributed by atoms with Gasteiger partial charge in [-0.25, -0.2) is 0 Å². The van der Waals surface area contributed by atoms with Crippen LogP contribution in [0.1, 0.15) is 15.9 Å².